The first-order valence-corrected chi connectivity index (χ1v) is 31.0. The van der Waals surface area contributed by atoms with Crippen molar-refractivity contribution in [3.63, 3.8) is 0 Å². The van der Waals surface area contributed by atoms with Crippen molar-refractivity contribution in [3.05, 3.63) is 77.4 Å². The Kier molecular flexibility index (Phi) is 15.2. The lowest BCUT2D eigenvalue weighted by atomic mass is 10.1. The summed E-state index contributed by atoms with van der Waals surface area (Å²) in [6, 6.07) is 8.63. The van der Waals surface area contributed by atoms with Crippen molar-refractivity contribution in [1.29, 1.82) is 0 Å². The monoisotopic (exact) mass is 1050 g/mol. The molecule has 0 aliphatic heterocycles. The molecule has 0 aliphatic carbocycles. The molecule has 0 saturated carbocycles. The predicted octanol–water partition coefficient (Wildman–Crippen LogP) is 10.4. The number of ether oxygens (including phenoxy) is 2. The van der Waals surface area contributed by atoms with Gasteiger partial charge in [-0.15, -0.1) is 22.7 Å². The molecule has 0 atom stereocenters. The Labute approximate surface area is 403 Å². The van der Waals surface area contributed by atoms with E-state index in [4.69, 9.17) is 19.4 Å². The summed E-state index contributed by atoms with van der Waals surface area (Å²) in [6.07, 6.45) is 4.62. The Morgan fingerprint density at radius 2 is 1.37 bits per heavy atom. The van der Waals surface area contributed by atoms with Crippen LogP contribution in [0.5, 0.6) is 0 Å². The normalized spacial score (nSPS) is 12.2. The third-order valence-corrected chi connectivity index (χ3v) is 16.3. The number of thiazole rings is 2. The van der Waals surface area contributed by atoms with Crippen molar-refractivity contribution in [2.75, 3.05) is 23.8 Å². The van der Waals surface area contributed by atoms with Gasteiger partial charge in [0.2, 0.25) is 11.8 Å². The van der Waals surface area contributed by atoms with Gasteiger partial charge in [0.05, 0.1) is 28.2 Å². The van der Waals surface area contributed by atoms with Crippen LogP contribution in [0.15, 0.2) is 66.0 Å². The van der Waals surface area contributed by atoms with Gasteiger partial charge in [-0.25, -0.2) is 29.9 Å². The molecule has 67 heavy (non-hydrogen) atoms. The van der Waals surface area contributed by atoms with Crippen LogP contribution in [0.1, 0.15) is 18.3 Å². The molecule has 16 nitrogen and oxygen atoms in total. The van der Waals surface area contributed by atoms with Gasteiger partial charge in [-0.2, -0.15) is 18.3 Å². The van der Waals surface area contributed by atoms with Gasteiger partial charge < -0.3 is 29.2 Å². The molecule has 0 spiro atoms. The molecular formula is C43H50BrF3N12O4S2Si2. The van der Waals surface area contributed by atoms with Gasteiger partial charge in [-0.3, -0.25) is 14.3 Å². The van der Waals surface area contributed by atoms with Crippen LogP contribution in [-0.2, 0) is 52.2 Å². The average Bonchev–Trinajstić information content (AvgIpc) is 4.07. The van der Waals surface area contributed by atoms with Crippen LogP contribution >= 0.6 is 38.6 Å². The van der Waals surface area contributed by atoms with Gasteiger partial charge in [-0.1, -0.05) is 39.3 Å². The summed E-state index contributed by atoms with van der Waals surface area (Å²) in [6.45, 7) is 16.6. The van der Waals surface area contributed by atoms with Crippen molar-refractivity contribution < 1.29 is 32.2 Å². The van der Waals surface area contributed by atoms with Crippen molar-refractivity contribution in [2.24, 2.45) is 7.05 Å². The highest BCUT2D eigenvalue weighted by molar-refractivity contribution is 9.10. The number of nitrogens with one attached hydrogen (secondary N) is 2. The number of carbonyl (C=O) groups excluding carboxylic acids is 2. The summed E-state index contributed by atoms with van der Waals surface area (Å²) >= 11 is 6.13. The fourth-order valence-electron chi connectivity index (χ4n) is 6.57. The Balaban J connectivity index is 1.15. The van der Waals surface area contributed by atoms with E-state index in [1.165, 1.54) is 31.5 Å². The highest BCUT2D eigenvalue weighted by Gasteiger charge is 2.39. The maximum Gasteiger partial charge on any atom is 0.435 e. The highest BCUT2D eigenvalue weighted by Crippen LogP contribution is 2.45. The zero-order valence-electron chi connectivity index (χ0n) is 38.2. The number of nitrogens with zero attached hydrogens (tertiary/aromatic N) is 10. The van der Waals surface area contributed by atoms with Gasteiger partial charge in [0.25, 0.3) is 0 Å². The second kappa shape index (κ2) is 20.5. The Morgan fingerprint density at radius 3 is 1.99 bits per heavy atom. The topological polar surface area (TPSA) is 182 Å². The van der Waals surface area contributed by atoms with Crippen molar-refractivity contribution in [2.45, 2.75) is 84.4 Å². The van der Waals surface area contributed by atoms with E-state index in [0.717, 1.165) is 33.0 Å². The number of halogens is 4. The number of rotatable bonds is 19. The van der Waals surface area contributed by atoms with E-state index in [-0.39, 0.29) is 46.7 Å². The molecule has 354 valence electrons. The number of hydrogen-bond donors (Lipinski definition) is 2. The van der Waals surface area contributed by atoms with E-state index >= 15 is 0 Å². The summed E-state index contributed by atoms with van der Waals surface area (Å²) in [4.78, 5) is 54.7. The summed E-state index contributed by atoms with van der Waals surface area (Å²) in [5.41, 5.74) is 0.00441. The third-order valence-electron chi connectivity index (χ3n) is 9.90. The highest BCUT2D eigenvalue weighted by atomic mass is 79.9. The fourth-order valence-corrected chi connectivity index (χ4v) is 10.8. The number of anilines is 2. The smallest absolute Gasteiger partial charge is 0.361 e. The number of pyridine rings is 2. The molecular weight excluding hydrogens is 1010 g/mol. The summed E-state index contributed by atoms with van der Waals surface area (Å²) < 4.78 is 60.7. The minimum absolute atomic E-state index is 0.00424. The van der Waals surface area contributed by atoms with E-state index in [2.05, 4.69) is 90.9 Å². The van der Waals surface area contributed by atoms with E-state index in [1.807, 2.05) is 10.8 Å². The molecule has 0 unspecified atom stereocenters. The molecule has 0 fully saturated rings. The van der Waals surface area contributed by atoms with Crippen molar-refractivity contribution in [1.82, 2.24) is 48.8 Å². The summed E-state index contributed by atoms with van der Waals surface area (Å²) in [5.74, 6) is 0.537. The van der Waals surface area contributed by atoms with Gasteiger partial charge in [0.1, 0.15) is 44.6 Å². The molecule has 7 aromatic heterocycles. The van der Waals surface area contributed by atoms with Gasteiger partial charge in [0.15, 0.2) is 17.3 Å². The lowest BCUT2D eigenvalue weighted by Crippen LogP contribution is -2.22. The van der Waals surface area contributed by atoms with Gasteiger partial charge >= 0.3 is 6.18 Å². The molecule has 24 heteroatoms. The molecule has 0 bridgehead atoms. The lowest BCUT2D eigenvalue weighted by molar-refractivity contribution is -0.141. The average molecular weight is 1060 g/mol. The zero-order valence-corrected chi connectivity index (χ0v) is 43.4. The summed E-state index contributed by atoms with van der Waals surface area (Å²) in [5, 5.41) is 10.2. The maximum atomic E-state index is 14.5. The molecule has 0 saturated heterocycles. The number of carbonyl (C=O) groups is 2. The van der Waals surface area contributed by atoms with E-state index in [1.54, 1.807) is 53.6 Å². The van der Waals surface area contributed by atoms with Crippen LogP contribution in [0.3, 0.4) is 0 Å². The summed E-state index contributed by atoms with van der Waals surface area (Å²) in [7, 11) is -1.22. The van der Waals surface area contributed by atoms with Crippen LogP contribution in [-0.4, -0.2) is 90.0 Å². The number of imidazole rings is 2. The number of alkyl halides is 3. The predicted molar refractivity (Wildman–Crippen MR) is 263 cm³/mol. The van der Waals surface area contributed by atoms with Crippen LogP contribution in [0.4, 0.5) is 24.8 Å². The molecule has 7 rings (SSSR count). The standard InChI is InChI=1S/C43H50BrF3N12O4S2Si2/c1-26(60)51-32-21-28(42-54-34(30-23-57(2)56-37(30)43(45,46)47)35(64-42)39-49-11-13-58(39)24-62-15-17-66(3,4)5)19-29(52-32)22-33(61)53-31-20-27(9-10-48-31)41-55-38(44)36(65-41)40-50-12-14-59(40)25-63-16-18-67(6,7)8/h9-14,19-21,23H,15-18,22,24-25H2,1-8H3,(H,48,53,61)(H,51,52,60). The second-order valence-electron chi connectivity index (χ2n) is 18.1. The van der Waals surface area contributed by atoms with Crippen LogP contribution in [0.2, 0.25) is 51.4 Å². The maximum absolute atomic E-state index is 14.5. The number of aryl methyl sites for hydroxylation is 1. The Bertz CT molecular complexity index is 2880. The first-order valence-electron chi connectivity index (χ1n) is 21.1. The number of amides is 2. The van der Waals surface area contributed by atoms with Crippen LogP contribution in [0.25, 0.3) is 53.8 Å². The second-order valence-corrected chi connectivity index (χ2v) is 32.1. The van der Waals surface area contributed by atoms with Gasteiger partial charge in [-0.05, 0) is 52.3 Å². The Hall–Kier alpha value is -5.25. The fraction of sp³-hybridized carbons (Fsp3) is 0.372. The quantitative estimate of drug-likeness (QED) is 0.0581. The molecule has 7 heterocycles. The van der Waals surface area contributed by atoms with Crippen LogP contribution < -0.4 is 10.6 Å². The molecule has 0 aromatic carbocycles. The minimum Gasteiger partial charge on any atom is -0.361 e. The number of aromatic nitrogens is 10. The zero-order chi connectivity index (χ0) is 48.3. The van der Waals surface area contributed by atoms with Crippen molar-refractivity contribution in [3.8, 4) is 53.8 Å². The number of hydrogen-bond acceptors (Lipinski definition) is 13. The van der Waals surface area contributed by atoms with E-state index in [9.17, 15) is 22.8 Å². The van der Waals surface area contributed by atoms with Gasteiger partial charge in [0, 0.05) is 91.6 Å². The third kappa shape index (κ3) is 13.1. The SMILES string of the molecule is CC(=O)Nc1cc(-c2nc(-c3cn(C)nc3C(F)(F)F)c(-c3nccn3COCC[Si](C)(C)C)s2)cc(CC(=O)Nc2cc(-c3nc(Br)c(-c4nccn4COCC[Si](C)(C)C)s3)ccn2)n1. The van der Waals surface area contributed by atoms with Crippen LogP contribution in [0, 0.1) is 0 Å². The largest absolute Gasteiger partial charge is 0.435 e. The van der Waals surface area contributed by atoms with E-state index in [0.29, 0.717) is 57.2 Å². The molecule has 0 aliphatic rings. The Morgan fingerprint density at radius 1 is 0.776 bits per heavy atom. The van der Waals surface area contributed by atoms with E-state index < -0.39 is 39.8 Å². The minimum atomic E-state index is -4.79. The first kappa shape index (κ1) is 49.7. The molecule has 7 aromatic rings. The molecule has 2 amide bonds. The lowest BCUT2D eigenvalue weighted by Gasteiger charge is -2.16. The molecule has 0 radical (unpaired) electrons. The molecule has 2 N–H and O–H groups in total. The van der Waals surface area contributed by atoms with Crippen molar-refractivity contribution >= 4 is 78.2 Å². The first-order chi connectivity index (χ1) is 31.6.